The van der Waals surface area contributed by atoms with Crippen LogP contribution in [-0.2, 0) is 11.8 Å². The summed E-state index contributed by atoms with van der Waals surface area (Å²) in [5.41, 5.74) is 4.50. The van der Waals surface area contributed by atoms with Gasteiger partial charge in [-0.05, 0) is 7.05 Å². The Morgan fingerprint density at radius 1 is 0.524 bits per heavy atom. The van der Waals surface area contributed by atoms with Gasteiger partial charge in [0.1, 0.15) is 0 Å². The van der Waals surface area contributed by atoms with E-state index in [0.29, 0.717) is 0 Å². The van der Waals surface area contributed by atoms with Gasteiger partial charge in [-0.15, -0.1) is 0 Å². The molecule has 2 N–H and O–H groups in total. The van der Waals surface area contributed by atoms with E-state index in [1.165, 1.54) is 7.05 Å². The molecule has 0 rings (SSSR count). The number of nitrogens with zero attached hydrogens (tertiary/aromatic N) is 6. The van der Waals surface area contributed by atoms with E-state index in [-0.39, 0.29) is 0 Å². The molecular formula is CH5CoN7O12. The van der Waals surface area contributed by atoms with Crippen LogP contribution in [0.15, 0.2) is 0 Å². The molecule has 0 bridgehead atoms. The molecular weight excluding hydrogens is 361 g/mol. The van der Waals surface area contributed by atoms with Gasteiger partial charge in [0, 0.05) is 0 Å². The third kappa shape index (κ3) is 1.15. The van der Waals surface area contributed by atoms with Crippen LogP contribution in [0.25, 0.3) is 0 Å². The second kappa shape index (κ2) is 4.76. The molecule has 21 heavy (non-hydrogen) atoms. The number of nitro groups is 6. The normalized spacial score (nSPS) is 13.4. The zero-order chi connectivity index (χ0) is 17.9. The van der Waals surface area contributed by atoms with Gasteiger partial charge in [-0.2, -0.15) is 0 Å². The molecule has 0 fully saturated rings. The van der Waals surface area contributed by atoms with E-state index in [2.05, 4.69) is 5.73 Å². The van der Waals surface area contributed by atoms with Gasteiger partial charge in [0.25, 0.3) is 0 Å². The van der Waals surface area contributed by atoms with Crippen molar-refractivity contribution in [3.63, 3.8) is 0 Å². The third-order valence-corrected chi connectivity index (χ3v) is 6.73. The van der Waals surface area contributed by atoms with Crippen molar-refractivity contribution < 1.29 is 35.7 Å². The van der Waals surface area contributed by atoms with Gasteiger partial charge in [0.15, 0.2) is 0 Å². The molecule has 0 radical (unpaired) electrons. The van der Waals surface area contributed by atoms with Crippen molar-refractivity contribution in [2.75, 3.05) is 7.05 Å². The maximum absolute atomic E-state index is 10.5. The molecule has 0 aromatic rings. The number of hydrogen-bond donors (Lipinski definition) is 1. The minimum absolute atomic E-state index is 1.50. The molecule has 0 aromatic heterocycles. The van der Waals surface area contributed by atoms with E-state index in [9.17, 15) is 60.7 Å². The van der Waals surface area contributed by atoms with E-state index in [1.54, 1.807) is 0 Å². The second-order valence-electron chi connectivity index (χ2n) is 2.18. The van der Waals surface area contributed by atoms with E-state index < -0.39 is 35.7 Å². The Labute approximate surface area is 110 Å². The van der Waals surface area contributed by atoms with E-state index in [0.717, 1.165) is 0 Å². The van der Waals surface area contributed by atoms with Gasteiger partial charge in [-0.25, -0.2) is 0 Å². The molecule has 0 unspecified atom stereocenters. The zero-order valence-electron chi connectivity index (χ0n) is 9.49. The van der Waals surface area contributed by atoms with Gasteiger partial charge in [0.2, 0.25) is 0 Å². The molecule has 0 atom stereocenters. The number of nitrogens with two attached hydrogens (primary N) is 1. The fraction of sp³-hybridized carbons (Fsp3) is 1.00. The first-order chi connectivity index (χ1) is 9.34. The Kier molecular flexibility index (Phi) is 4.58. The molecule has 0 saturated carbocycles. The summed E-state index contributed by atoms with van der Waals surface area (Å²) in [5.74, 6) is 0. The fourth-order valence-corrected chi connectivity index (χ4v) is 2.75. The summed E-state index contributed by atoms with van der Waals surface area (Å²) in [6.45, 7) is 0. The fourth-order valence-electron chi connectivity index (χ4n) is 0.667. The van der Waals surface area contributed by atoms with Crippen molar-refractivity contribution in [2.24, 2.45) is 5.73 Å². The Balaban J connectivity index is 0. The monoisotopic (exact) mass is 366 g/mol. The minimum atomic E-state index is -10.3. The Morgan fingerprint density at radius 2 is 0.619 bits per heavy atom. The van der Waals surface area contributed by atoms with Crippen molar-refractivity contribution in [1.29, 1.82) is 0 Å². The molecule has 0 amide bonds. The zero-order valence-corrected chi connectivity index (χ0v) is 10.5. The predicted molar refractivity (Wildman–Crippen MR) is 52.1 cm³/mol. The van der Waals surface area contributed by atoms with E-state index >= 15 is 0 Å². The van der Waals surface area contributed by atoms with Crippen LogP contribution in [0, 0.1) is 60.7 Å². The number of rotatable bonds is 6. The maximum atomic E-state index is 10.5. The summed E-state index contributed by atoms with van der Waals surface area (Å²) in [5, 5.41) is 63.2. The summed E-state index contributed by atoms with van der Waals surface area (Å²) < 4.78 is -19.6. The molecule has 0 aliphatic rings. The van der Waals surface area contributed by atoms with Crippen molar-refractivity contribution in [2.45, 2.75) is 0 Å². The molecule has 0 aromatic carbocycles. The van der Waals surface area contributed by atoms with Crippen LogP contribution < -0.4 is 5.73 Å². The SMILES string of the molecule is CN.O=[N+]([O-])[Co]([N+](=O)[O-])([N+](=O)[O-])([N+](=O)[O-])([N+](=O)[O-])[N+](=O)[O-]. The predicted octanol–water partition coefficient (Wildman–Crippen LogP) is -2.06. The summed E-state index contributed by atoms with van der Waals surface area (Å²) >= 11 is -10.3. The van der Waals surface area contributed by atoms with Crippen LogP contribution in [0.5, 0.6) is 0 Å². The van der Waals surface area contributed by atoms with Crippen molar-refractivity contribution in [1.82, 2.24) is 0 Å². The first-order valence-corrected chi connectivity index (χ1v) is 6.46. The third-order valence-electron chi connectivity index (χ3n) is 1.63. The van der Waals surface area contributed by atoms with Crippen LogP contribution in [0.1, 0.15) is 0 Å². The van der Waals surface area contributed by atoms with Crippen LogP contribution in [0.4, 0.5) is 0 Å². The number of hydrogen-bond acceptors (Lipinski definition) is 13. The average molecular weight is 366 g/mol. The molecule has 0 saturated heterocycles. The first kappa shape index (κ1) is 20.2. The molecule has 0 aliphatic heterocycles. The summed E-state index contributed by atoms with van der Waals surface area (Å²) in [4.78, 5) is 63.2. The summed E-state index contributed by atoms with van der Waals surface area (Å²) in [6.07, 6.45) is 0. The summed E-state index contributed by atoms with van der Waals surface area (Å²) in [6, 6.07) is 0. The van der Waals surface area contributed by atoms with Gasteiger partial charge in [-0.3, -0.25) is 0 Å². The van der Waals surface area contributed by atoms with Crippen LogP contribution in [0.3, 0.4) is 0 Å². The molecule has 0 aliphatic carbocycles. The molecule has 125 valence electrons. The second-order valence-corrected chi connectivity index (χ2v) is 7.58. The standard InChI is InChI=1S/CH5N.Co.6NO2/c1-2;;6*2-1-3/h2H2,1H3;;;;;;;. The van der Waals surface area contributed by atoms with Gasteiger partial charge in [0.05, 0.1) is 0 Å². The van der Waals surface area contributed by atoms with E-state index in [1.807, 2.05) is 0 Å². The van der Waals surface area contributed by atoms with Crippen LogP contribution >= 0.6 is 0 Å². The molecule has 0 heterocycles. The first-order valence-electron chi connectivity index (χ1n) is 3.66. The van der Waals surface area contributed by atoms with Crippen LogP contribution in [-0.4, -0.2) is 30.9 Å². The van der Waals surface area contributed by atoms with Gasteiger partial charge >= 0.3 is 96.3 Å². The van der Waals surface area contributed by atoms with Crippen molar-refractivity contribution in [3.05, 3.63) is 60.7 Å². The Bertz CT molecular complexity index is 432. The topological polar surface area (TPSA) is 285 Å². The average Bonchev–Trinajstić information content (AvgIpc) is 2.30. The summed E-state index contributed by atoms with van der Waals surface area (Å²) in [7, 11) is 1.50. The molecule has 0 spiro atoms. The quantitative estimate of drug-likeness (QED) is 0.391. The molecule has 20 heteroatoms. The van der Waals surface area contributed by atoms with Crippen molar-refractivity contribution in [3.8, 4) is 0 Å². The Morgan fingerprint density at radius 3 is 0.619 bits per heavy atom. The van der Waals surface area contributed by atoms with Gasteiger partial charge < -0.3 is 5.73 Å². The van der Waals surface area contributed by atoms with Gasteiger partial charge in [-0.1, -0.05) is 0 Å². The van der Waals surface area contributed by atoms with Crippen LogP contribution in [0.2, 0.25) is 0 Å². The van der Waals surface area contributed by atoms with Crippen molar-refractivity contribution >= 4 is 0 Å². The molecule has 19 nitrogen and oxygen atoms in total. The van der Waals surface area contributed by atoms with E-state index in [4.69, 9.17) is 0 Å². The Hall–Kier alpha value is -3.13.